The quantitative estimate of drug-likeness (QED) is 0.754. The van der Waals surface area contributed by atoms with Gasteiger partial charge in [-0.1, -0.05) is 19.3 Å². The predicted octanol–water partition coefficient (Wildman–Crippen LogP) is 2.22. The van der Waals surface area contributed by atoms with Gasteiger partial charge in [0.25, 0.3) is 0 Å². The summed E-state index contributed by atoms with van der Waals surface area (Å²) >= 11 is 0. The molecular weight excluding hydrogens is 244 g/mol. The molecule has 1 saturated heterocycles. The SMILES string of the molecule is O=C(O)C1CCCCCC1NC(=O)N1CCCCC1. The van der Waals surface area contributed by atoms with E-state index in [0.29, 0.717) is 6.42 Å². The van der Waals surface area contributed by atoms with E-state index in [4.69, 9.17) is 0 Å². The molecule has 2 atom stereocenters. The highest BCUT2D eigenvalue weighted by molar-refractivity contribution is 5.77. The number of aliphatic carboxylic acids is 1. The van der Waals surface area contributed by atoms with Crippen LogP contribution in [-0.4, -0.2) is 41.1 Å². The minimum absolute atomic E-state index is 0.0714. The van der Waals surface area contributed by atoms with Gasteiger partial charge in [0.15, 0.2) is 0 Å². The molecule has 1 aliphatic carbocycles. The number of piperidine rings is 1. The lowest BCUT2D eigenvalue weighted by Crippen LogP contribution is -2.50. The van der Waals surface area contributed by atoms with Crippen LogP contribution in [0.1, 0.15) is 51.4 Å². The lowest BCUT2D eigenvalue weighted by atomic mass is 9.95. The number of carbonyl (C=O) groups is 2. The van der Waals surface area contributed by atoms with Gasteiger partial charge >= 0.3 is 12.0 Å². The maximum atomic E-state index is 12.2. The fourth-order valence-corrected chi connectivity index (χ4v) is 3.12. The smallest absolute Gasteiger partial charge is 0.317 e. The Morgan fingerprint density at radius 2 is 1.58 bits per heavy atom. The van der Waals surface area contributed by atoms with Crippen molar-refractivity contribution in [1.29, 1.82) is 0 Å². The van der Waals surface area contributed by atoms with Crippen LogP contribution in [0.4, 0.5) is 4.79 Å². The summed E-state index contributed by atoms with van der Waals surface area (Å²) in [6.45, 7) is 1.60. The number of nitrogens with one attached hydrogen (secondary N) is 1. The van der Waals surface area contributed by atoms with E-state index < -0.39 is 11.9 Å². The largest absolute Gasteiger partial charge is 0.481 e. The first-order valence-electron chi connectivity index (χ1n) is 7.47. The Hall–Kier alpha value is -1.26. The van der Waals surface area contributed by atoms with E-state index in [1.165, 1.54) is 6.42 Å². The molecule has 108 valence electrons. The number of carbonyl (C=O) groups excluding carboxylic acids is 1. The zero-order chi connectivity index (χ0) is 13.7. The van der Waals surface area contributed by atoms with Crippen molar-refractivity contribution in [2.75, 3.05) is 13.1 Å². The minimum atomic E-state index is -0.772. The number of urea groups is 1. The first kappa shape index (κ1) is 14.2. The Morgan fingerprint density at radius 1 is 0.947 bits per heavy atom. The second kappa shape index (κ2) is 6.78. The van der Waals surface area contributed by atoms with Crippen molar-refractivity contribution >= 4 is 12.0 Å². The molecule has 19 heavy (non-hydrogen) atoms. The van der Waals surface area contributed by atoms with Crippen LogP contribution in [0.25, 0.3) is 0 Å². The zero-order valence-corrected chi connectivity index (χ0v) is 11.4. The number of carboxylic acid groups (broad SMARTS) is 1. The molecule has 1 heterocycles. The summed E-state index contributed by atoms with van der Waals surface area (Å²) in [7, 11) is 0. The van der Waals surface area contributed by atoms with Crippen LogP contribution in [-0.2, 0) is 4.79 Å². The average molecular weight is 268 g/mol. The standard InChI is InChI=1S/C14H24N2O3/c17-13(18)11-7-3-1-4-8-12(11)15-14(19)16-9-5-2-6-10-16/h11-12H,1-10H2,(H,15,19)(H,17,18). The minimum Gasteiger partial charge on any atom is -0.481 e. The Kier molecular flexibility index (Phi) is 5.05. The van der Waals surface area contributed by atoms with Crippen LogP contribution in [0.5, 0.6) is 0 Å². The van der Waals surface area contributed by atoms with Gasteiger partial charge in [0.2, 0.25) is 0 Å². The lowest BCUT2D eigenvalue weighted by molar-refractivity contribution is -0.142. The predicted molar refractivity (Wildman–Crippen MR) is 72.0 cm³/mol. The van der Waals surface area contributed by atoms with Crippen LogP contribution < -0.4 is 5.32 Å². The Bertz CT molecular complexity index is 327. The summed E-state index contributed by atoms with van der Waals surface area (Å²) in [5, 5.41) is 12.3. The summed E-state index contributed by atoms with van der Waals surface area (Å²) in [6.07, 6.45) is 7.80. The highest BCUT2D eigenvalue weighted by Gasteiger charge is 2.31. The third-order valence-corrected chi connectivity index (χ3v) is 4.29. The van der Waals surface area contributed by atoms with Crippen LogP contribution in [0, 0.1) is 5.92 Å². The van der Waals surface area contributed by atoms with Gasteiger partial charge in [-0.2, -0.15) is 0 Å². The average Bonchev–Trinajstić information content (AvgIpc) is 2.65. The van der Waals surface area contributed by atoms with E-state index >= 15 is 0 Å². The van der Waals surface area contributed by atoms with Crippen molar-refractivity contribution in [1.82, 2.24) is 10.2 Å². The zero-order valence-electron chi connectivity index (χ0n) is 11.4. The third kappa shape index (κ3) is 3.85. The molecule has 2 N–H and O–H groups in total. The van der Waals surface area contributed by atoms with E-state index in [9.17, 15) is 14.7 Å². The highest BCUT2D eigenvalue weighted by atomic mass is 16.4. The van der Waals surface area contributed by atoms with Crippen molar-refractivity contribution in [3.63, 3.8) is 0 Å². The highest BCUT2D eigenvalue weighted by Crippen LogP contribution is 2.24. The second-order valence-electron chi connectivity index (χ2n) is 5.69. The summed E-state index contributed by atoms with van der Waals surface area (Å²) in [6, 6.07) is -0.271. The molecule has 0 radical (unpaired) electrons. The second-order valence-corrected chi connectivity index (χ2v) is 5.69. The Morgan fingerprint density at radius 3 is 2.26 bits per heavy atom. The van der Waals surface area contributed by atoms with E-state index in [1.807, 2.05) is 4.90 Å². The number of carboxylic acids is 1. The van der Waals surface area contributed by atoms with E-state index in [2.05, 4.69) is 5.32 Å². The monoisotopic (exact) mass is 268 g/mol. The molecule has 0 aromatic heterocycles. The molecule has 1 aliphatic heterocycles. The molecule has 2 amide bonds. The molecule has 2 rings (SSSR count). The first-order chi connectivity index (χ1) is 9.18. The number of likely N-dealkylation sites (tertiary alicyclic amines) is 1. The van der Waals surface area contributed by atoms with Gasteiger partial charge in [0.1, 0.15) is 0 Å². The molecular formula is C14H24N2O3. The molecule has 5 nitrogen and oxygen atoms in total. The molecule has 0 spiro atoms. The van der Waals surface area contributed by atoms with Crippen molar-refractivity contribution in [3.05, 3.63) is 0 Å². The summed E-state index contributed by atoms with van der Waals surface area (Å²) in [5.74, 6) is -1.19. The number of hydrogen-bond acceptors (Lipinski definition) is 2. The van der Waals surface area contributed by atoms with Gasteiger partial charge in [0.05, 0.1) is 5.92 Å². The summed E-state index contributed by atoms with van der Waals surface area (Å²) in [5.41, 5.74) is 0. The van der Waals surface area contributed by atoms with Gasteiger partial charge in [0, 0.05) is 19.1 Å². The van der Waals surface area contributed by atoms with E-state index in [0.717, 1.165) is 51.6 Å². The van der Waals surface area contributed by atoms with Crippen LogP contribution in [0.2, 0.25) is 0 Å². The van der Waals surface area contributed by atoms with Gasteiger partial charge < -0.3 is 15.3 Å². The number of amides is 2. The lowest BCUT2D eigenvalue weighted by Gasteiger charge is -2.30. The maximum absolute atomic E-state index is 12.2. The maximum Gasteiger partial charge on any atom is 0.317 e. The molecule has 0 aromatic rings. The molecule has 5 heteroatoms. The third-order valence-electron chi connectivity index (χ3n) is 4.29. The van der Waals surface area contributed by atoms with Crippen molar-refractivity contribution in [2.45, 2.75) is 57.4 Å². The van der Waals surface area contributed by atoms with Gasteiger partial charge in [-0.25, -0.2) is 4.79 Å². The molecule has 2 unspecified atom stereocenters. The first-order valence-corrected chi connectivity index (χ1v) is 7.47. The number of rotatable bonds is 2. The molecule has 1 saturated carbocycles. The van der Waals surface area contributed by atoms with Crippen LogP contribution >= 0.6 is 0 Å². The Labute approximate surface area is 114 Å². The van der Waals surface area contributed by atoms with Crippen LogP contribution in [0.15, 0.2) is 0 Å². The summed E-state index contributed by atoms with van der Waals surface area (Å²) < 4.78 is 0. The van der Waals surface area contributed by atoms with E-state index in [-0.39, 0.29) is 12.1 Å². The fraction of sp³-hybridized carbons (Fsp3) is 0.857. The van der Waals surface area contributed by atoms with Crippen LogP contribution in [0.3, 0.4) is 0 Å². The molecule has 2 fully saturated rings. The van der Waals surface area contributed by atoms with Crippen molar-refractivity contribution < 1.29 is 14.7 Å². The Balaban J connectivity index is 1.93. The van der Waals surface area contributed by atoms with Gasteiger partial charge in [-0.15, -0.1) is 0 Å². The number of nitrogens with zero attached hydrogens (tertiary/aromatic N) is 1. The van der Waals surface area contributed by atoms with E-state index in [1.54, 1.807) is 0 Å². The number of hydrogen-bond donors (Lipinski definition) is 2. The molecule has 0 bridgehead atoms. The summed E-state index contributed by atoms with van der Waals surface area (Å²) in [4.78, 5) is 25.3. The normalized spacial score (nSPS) is 28.5. The van der Waals surface area contributed by atoms with Gasteiger partial charge in [-0.05, 0) is 32.1 Å². The fourth-order valence-electron chi connectivity index (χ4n) is 3.12. The topological polar surface area (TPSA) is 69.6 Å². The molecule has 2 aliphatic rings. The van der Waals surface area contributed by atoms with Crippen molar-refractivity contribution in [2.24, 2.45) is 5.92 Å². The van der Waals surface area contributed by atoms with Gasteiger partial charge in [-0.3, -0.25) is 4.79 Å². The molecule has 0 aromatic carbocycles. The van der Waals surface area contributed by atoms with Crippen molar-refractivity contribution in [3.8, 4) is 0 Å².